The van der Waals surface area contributed by atoms with Crippen molar-refractivity contribution in [1.29, 1.82) is 0 Å². The number of halogens is 3. The van der Waals surface area contributed by atoms with Crippen molar-refractivity contribution in [2.75, 3.05) is 5.32 Å². The van der Waals surface area contributed by atoms with Gasteiger partial charge in [-0.1, -0.05) is 28.1 Å². The van der Waals surface area contributed by atoms with Crippen molar-refractivity contribution in [3.05, 3.63) is 63.6 Å². The van der Waals surface area contributed by atoms with Crippen molar-refractivity contribution in [3.63, 3.8) is 0 Å². The second-order valence-electron chi connectivity index (χ2n) is 4.51. The molecule has 2 N–H and O–H groups in total. The first kappa shape index (κ1) is 15.4. The van der Waals surface area contributed by atoms with Crippen molar-refractivity contribution in [2.45, 2.75) is 13.0 Å². The van der Waals surface area contributed by atoms with Crippen LogP contribution < -0.4 is 5.32 Å². The van der Waals surface area contributed by atoms with E-state index in [2.05, 4.69) is 21.2 Å². The smallest absolute Gasteiger partial charge is 0.338 e. The molecule has 2 aromatic carbocycles. The normalized spacial score (nSPS) is 12.0. The molecule has 0 saturated carbocycles. The van der Waals surface area contributed by atoms with Gasteiger partial charge in [-0.2, -0.15) is 0 Å². The number of carboxylic acids is 1. The van der Waals surface area contributed by atoms with Gasteiger partial charge in [0.1, 0.15) is 0 Å². The molecule has 2 rings (SSSR count). The molecule has 0 spiro atoms. The lowest BCUT2D eigenvalue weighted by atomic mass is 10.1. The highest BCUT2D eigenvalue weighted by Gasteiger charge is 2.19. The molecule has 2 aromatic rings. The summed E-state index contributed by atoms with van der Waals surface area (Å²) in [6.07, 6.45) is 0. The van der Waals surface area contributed by atoms with Crippen LogP contribution in [0.5, 0.6) is 0 Å². The zero-order chi connectivity index (χ0) is 15.6. The van der Waals surface area contributed by atoms with Crippen molar-refractivity contribution >= 4 is 27.6 Å². The average molecular weight is 356 g/mol. The lowest BCUT2D eigenvalue weighted by Crippen LogP contribution is -2.11. The van der Waals surface area contributed by atoms with Gasteiger partial charge in [0.2, 0.25) is 0 Å². The maximum atomic E-state index is 13.9. The van der Waals surface area contributed by atoms with Crippen LogP contribution in [0, 0.1) is 11.6 Å². The third-order valence-corrected chi connectivity index (χ3v) is 3.53. The highest BCUT2D eigenvalue weighted by Crippen LogP contribution is 2.26. The Morgan fingerprint density at radius 2 is 1.95 bits per heavy atom. The minimum absolute atomic E-state index is 0.0787. The van der Waals surface area contributed by atoms with Crippen LogP contribution in [0.2, 0.25) is 0 Å². The van der Waals surface area contributed by atoms with Gasteiger partial charge in [-0.25, -0.2) is 13.6 Å². The number of aromatic carboxylic acids is 1. The van der Waals surface area contributed by atoms with Crippen LogP contribution in [0.1, 0.15) is 28.9 Å². The Morgan fingerprint density at radius 3 is 2.57 bits per heavy atom. The van der Waals surface area contributed by atoms with Gasteiger partial charge in [-0.15, -0.1) is 0 Å². The minimum Gasteiger partial charge on any atom is -0.478 e. The van der Waals surface area contributed by atoms with Gasteiger partial charge in [-0.3, -0.25) is 0 Å². The van der Waals surface area contributed by atoms with E-state index in [0.717, 1.165) is 16.1 Å². The van der Waals surface area contributed by atoms with Crippen LogP contribution in [0.3, 0.4) is 0 Å². The van der Waals surface area contributed by atoms with Crippen LogP contribution in [-0.4, -0.2) is 11.1 Å². The summed E-state index contributed by atoms with van der Waals surface area (Å²) in [5.41, 5.74) is 0.115. The van der Waals surface area contributed by atoms with Gasteiger partial charge in [-0.05, 0) is 36.8 Å². The summed E-state index contributed by atoms with van der Waals surface area (Å²) in [7, 11) is 0. The van der Waals surface area contributed by atoms with Crippen molar-refractivity contribution in [2.24, 2.45) is 0 Å². The van der Waals surface area contributed by atoms with Gasteiger partial charge in [0, 0.05) is 10.5 Å². The Morgan fingerprint density at radius 1 is 1.24 bits per heavy atom. The molecule has 6 heteroatoms. The van der Waals surface area contributed by atoms with Crippen molar-refractivity contribution in [1.82, 2.24) is 0 Å². The number of carbonyl (C=O) groups is 1. The zero-order valence-electron chi connectivity index (χ0n) is 11.0. The third kappa shape index (κ3) is 3.39. The maximum absolute atomic E-state index is 13.9. The molecule has 0 aliphatic rings. The Bertz CT molecular complexity index is 691. The van der Waals surface area contributed by atoms with Gasteiger partial charge >= 0.3 is 5.97 Å². The molecule has 0 bridgehead atoms. The number of anilines is 1. The highest BCUT2D eigenvalue weighted by molar-refractivity contribution is 9.10. The quantitative estimate of drug-likeness (QED) is 0.842. The molecule has 21 heavy (non-hydrogen) atoms. The molecule has 0 aromatic heterocycles. The largest absolute Gasteiger partial charge is 0.478 e. The lowest BCUT2D eigenvalue weighted by Gasteiger charge is -2.17. The van der Waals surface area contributed by atoms with E-state index in [9.17, 15) is 13.6 Å². The molecule has 0 fully saturated rings. The van der Waals surface area contributed by atoms with E-state index in [1.807, 2.05) is 24.3 Å². The van der Waals surface area contributed by atoms with E-state index in [1.54, 1.807) is 6.92 Å². The summed E-state index contributed by atoms with van der Waals surface area (Å²) >= 11 is 3.34. The van der Waals surface area contributed by atoms with E-state index in [-0.39, 0.29) is 11.7 Å². The highest BCUT2D eigenvalue weighted by atomic mass is 79.9. The van der Waals surface area contributed by atoms with Crippen LogP contribution in [0.25, 0.3) is 0 Å². The number of hydrogen-bond acceptors (Lipinski definition) is 2. The van der Waals surface area contributed by atoms with Crippen molar-refractivity contribution < 1.29 is 18.7 Å². The Labute approximate surface area is 128 Å². The second-order valence-corrected chi connectivity index (χ2v) is 5.43. The molecule has 0 heterocycles. The maximum Gasteiger partial charge on any atom is 0.338 e. The molecular weight excluding hydrogens is 344 g/mol. The van der Waals surface area contributed by atoms with Gasteiger partial charge < -0.3 is 10.4 Å². The summed E-state index contributed by atoms with van der Waals surface area (Å²) in [5, 5.41) is 11.6. The molecular formula is C15H12BrF2NO2. The van der Waals surface area contributed by atoms with Crippen LogP contribution in [0.15, 0.2) is 40.9 Å². The Kier molecular flexibility index (Phi) is 4.57. The number of benzene rings is 2. The van der Waals surface area contributed by atoms with E-state index >= 15 is 0 Å². The number of hydrogen-bond donors (Lipinski definition) is 2. The van der Waals surface area contributed by atoms with Crippen LogP contribution in [-0.2, 0) is 0 Å². The first-order valence-electron chi connectivity index (χ1n) is 6.13. The molecule has 0 aliphatic carbocycles. The number of carboxylic acid groups (broad SMARTS) is 1. The summed E-state index contributed by atoms with van der Waals surface area (Å²) in [6.45, 7) is 1.80. The average Bonchev–Trinajstić information content (AvgIpc) is 2.43. The van der Waals surface area contributed by atoms with E-state index < -0.39 is 23.2 Å². The Balaban J connectivity index is 2.28. The van der Waals surface area contributed by atoms with Gasteiger partial charge in [0.05, 0.1) is 11.3 Å². The second kappa shape index (κ2) is 6.22. The van der Waals surface area contributed by atoms with E-state index in [1.165, 1.54) is 6.07 Å². The topological polar surface area (TPSA) is 49.3 Å². The van der Waals surface area contributed by atoms with Crippen molar-refractivity contribution in [3.8, 4) is 0 Å². The fourth-order valence-electron chi connectivity index (χ4n) is 1.92. The van der Waals surface area contributed by atoms with Gasteiger partial charge in [0.25, 0.3) is 0 Å². The molecule has 0 aliphatic heterocycles. The molecule has 0 saturated heterocycles. The number of nitrogens with one attached hydrogen (secondary N) is 1. The summed E-state index contributed by atoms with van der Waals surface area (Å²) in [4.78, 5) is 10.7. The predicted octanol–water partition coefficient (Wildman–Crippen LogP) is 4.60. The Hall–Kier alpha value is -1.95. The van der Waals surface area contributed by atoms with E-state index in [4.69, 9.17) is 5.11 Å². The van der Waals surface area contributed by atoms with Gasteiger partial charge in [0.15, 0.2) is 11.6 Å². The summed E-state index contributed by atoms with van der Waals surface area (Å²) < 4.78 is 28.4. The first-order valence-corrected chi connectivity index (χ1v) is 6.92. The molecule has 110 valence electrons. The monoisotopic (exact) mass is 355 g/mol. The van der Waals surface area contributed by atoms with Crippen LogP contribution in [0.4, 0.5) is 14.5 Å². The molecule has 0 amide bonds. The molecule has 3 nitrogen and oxygen atoms in total. The third-order valence-electron chi connectivity index (χ3n) is 3.03. The first-order chi connectivity index (χ1) is 9.90. The SMILES string of the molecule is CC(Nc1ccc(C(=O)O)c(F)c1F)c1cccc(Br)c1. The fraction of sp³-hybridized carbons (Fsp3) is 0.133. The zero-order valence-corrected chi connectivity index (χ0v) is 12.6. The van der Waals surface area contributed by atoms with Crippen LogP contribution >= 0.6 is 15.9 Å². The predicted molar refractivity (Wildman–Crippen MR) is 79.5 cm³/mol. The summed E-state index contributed by atoms with van der Waals surface area (Å²) in [5.74, 6) is -4.07. The molecule has 1 atom stereocenters. The lowest BCUT2D eigenvalue weighted by molar-refractivity contribution is 0.0690. The fourth-order valence-corrected chi connectivity index (χ4v) is 2.34. The molecule has 1 unspecified atom stereocenters. The van der Waals surface area contributed by atoms with E-state index in [0.29, 0.717) is 0 Å². The standard InChI is InChI=1S/C15H12BrF2NO2/c1-8(9-3-2-4-10(16)7-9)19-12-6-5-11(15(20)21)13(17)14(12)18/h2-8,19H,1H3,(H,20,21). The number of rotatable bonds is 4. The summed E-state index contributed by atoms with van der Waals surface area (Å²) in [6, 6.07) is 9.39. The minimum atomic E-state index is -1.50. The molecule has 0 radical (unpaired) electrons.